The number of benzene rings is 1. The monoisotopic (exact) mass is 312 g/mol. The number of aliphatic hydroxyl groups is 1. The summed E-state index contributed by atoms with van der Waals surface area (Å²) in [4.78, 5) is 0.182. The normalized spacial score (nSPS) is 22.6. The third-order valence-corrected chi connectivity index (χ3v) is 6.09. The van der Waals surface area contributed by atoms with Crippen molar-refractivity contribution in [2.75, 3.05) is 18.9 Å². The highest BCUT2D eigenvalue weighted by molar-refractivity contribution is 7.89. The maximum Gasteiger partial charge on any atom is 0.242 e. The largest absolute Gasteiger partial charge is 0.397 e. The van der Waals surface area contributed by atoms with Gasteiger partial charge >= 0.3 is 0 Å². The molecule has 0 bridgehead atoms. The molecule has 1 aliphatic rings. The molecule has 21 heavy (non-hydrogen) atoms. The van der Waals surface area contributed by atoms with Crippen molar-refractivity contribution in [1.82, 2.24) is 4.72 Å². The van der Waals surface area contributed by atoms with E-state index in [0.717, 1.165) is 24.8 Å². The topological polar surface area (TPSA) is 92.4 Å². The summed E-state index contributed by atoms with van der Waals surface area (Å²) in [5.74, 6) is 0.403. The van der Waals surface area contributed by atoms with E-state index in [1.807, 2.05) is 6.07 Å². The van der Waals surface area contributed by atoms with Crippen molar-refractivity contribution in [3.8, 4) is 0 Å². The molecular formula is C15H24N2O3S. The zero-order valence-electron chi connectivity index (χ0n) is 12.6. The van der Waals surface area contributed by atoms with Gasteiger partial charge in [0.1, 0.15) is 4.90 Å². The number of sulfonamides is 1. The minimum absolute atomic E-state index is 0.123. The summed E-state index contributed by atoms with van der Waals surface area (Å²) < 4.78 is 27.7. The van der Waals surface area contributed by atoms with E-state index in [-0.39, 0.29) is 23.3 Å². The van der Waals surface area contributed by atoms with Crippen LogP contribution in [0.2, 0.25) is 0 Å². The van der Waals surface area contributed by atoms with Crippen molar-refractivity contribution in [2.45, 2.75) is 38.0 Å². The Morgan fingerprint density at radius 1 is 1.24 bits per heavy atom. The molecule has 2 rings (SSSR count). The lowest BCUT2D eigenvalue weighted by atomic mass is 9.97. The number of hydrogen-bond donors (Lipinski definition) is 3. The van der Waals surface area contributed by atoms with Crippen molar-refractivity contribution >= 4 is 15.7 Å². The number of nitrogen functional groups attached to an aromatic ring is 1. The highest BCUT2D eigenvalue weighted by Gasteiger charge is 2.29. The van der Waals surface area contributed by atoms with Crippen LogP contribution < -0.4 is 10.5 Å². The van der Waals surface area contributed by atoms with Gasteiger partial charge in [-0.15, -0.1) is 0 Å². The van der Waals surface area contributed by atoms with E-state index in [1.165, 1.54) is 0 Å². The Bertz CT molecular complexity index is 614. The number of rotatable bonds is 5. The molecule has 2 unspecified atom stereocenters. The van der Waals surface area contributed by atoms with E-state index in [4.69, 9.17) is 5.73 Å². The molecule has 4 N–H and O–H groups in total. The summed E-state index contributed by atoms with van der Waals surface area (Å²) in [5, 5.41) is 9.31. The molecule has 6 heteroatoms. The fraction of sp³-hybridized carbons (Fsp3) is 0.600. The van der Waals surface area contributed by atoms with Crippen LogP contribution in [0.5, 0.6) is 0 Å². The molecule has 0 amide bonds. The van der Waals surface area contributed by atoms with Gasteiger partial charge in [0, 0.05) is 13.2 Å². The van der Waals surface area contributed by atoms with E-state index in [9.17, 15) is 13.5 Å². The van der Waals surface area contributed by atoms with Crippen LogP contribution in [0.25, 0.3) is 0 Å². The summed E-state index contributed by atoms with van der Waals surface area (Å²) in [6.45, 7) is 4.03. The van der Waals surface area contributed by atoms with Crippen LogP contribution in [0, 0.1) is 25.7 Å². The van der Waals surface area contributed by atoms with Gasteiger partial charge in [-0.25, -0.2) is 13.1 Å². The fourth-order valence-corrected chi connectivity index (χ4v) is 4.60. The SMILES string of the molecule is Cc1ccc(C)c(S(=O)(=O)NCC2CCCC2CO)c1N. The van der Waals surface area contributed by atoms with Gasteiger partial charge in [0.15, 0.2) is 0 Å². The smallest absolute Gasteiger partial charge is 0.242 e. The lowest BCUT2D eigenvalue weighted by Crippen LogP contribution is -2.32. The van der Waals surface area contributed by atoms with Crippen LogP contribution in [0.15, 0.2) is 17.0 Å². The Balaban J connectivity index is 2.18. The predicted octanol–water partition coefficient (Wildman–Crippen LogP) is 1.57. The van der Waals surface area contributed by atoms with Gasteiger partial charge in [0.25, 0.3) is 0 Å². The first kappa shape index (κ1) is 16.3. The van der Waals surface area contributed by atoms with Gasteiger partial charge in [-0.3, -0.25) is 0 Å². The van der Waals surface area contributed by atoms with E-state index in [0.29, 0.717) is 17.8 Å². The number of hydrogen-bond acceptors (Lipinski definition) is 4. The first-order chi connectivity index (χ1) is 9.86. The second kappa shape index (κ2) is 6.34. The molecule has 1 fully saturated rings. The lowest BCUT2D eigenvalue weighted by molar-refractivity contribution is 0.195. The Hall–Kier alpha value is -1.11. The van der Waals surface area contributed by atoms with Gasteiger partial charge in [-0.2, -0.15) is 0 Å². The number of nitrogens with one attached hydrogen (secondary N) is 1. The maximum atomic E-state index is 12.5. The quantitative estimate of drug-likeness (QED) is 0.720. The molecule has 1 aromatic rings. The highest BCUT2D eigenvalue weighted by Crippen LogP contribution is 2.31. The summed E-state index contributed by atoms with van der Waals surface area (Å²) in [7, 11) is -3.62. The zero-order valence-corrected chi connectivity index (χ0v) is 13.4. The van der Waals surface area contributed by atoms with E-state index in [2.05, 4.69) is 4.72 Å². The molecule has 0 saturated heterocycles. The van der Waals surface area contributed by atoms with Crippen LogP contribution in [-0.2, 0) is 10.0 Å². The summed E-state index contributed by atoms with van der Waals surface area (Å²) >= 11 is 0. The highest BCUT2D eigenvalue weighted by atomic mass is 32.2. The molecule has 0 aromatic heterocycles. The van der Waals surface area contributed by atoms with Crippen molar-refractivity contribution < 1.29 is 13.5 Å². The average molecular weight is 312 g/mol. The number of aliphatic hydroxyl groups excluding tert-OH is 1. The first-order valence-electron chi connectivity index (χ1n) is 7.33. The molecule has 0 radical (unpaired) electrons. The number of nitrogens with two attached hydrogens (primary N) is 1. The Kier molecular flexibility index (Phi) is 4.91. The van der Waals surface area contributed by atoms with Crippen molar-refractivity contribution in [3.63, 3.8) is 0 Å². The van der Waals surface area contributed by atoms with Crippen molar-refractivity contribution in [1.29, 1.82) is 0 Å². The van der Waals surface area contributed by atoms with Crippen LogP contribution >= 0.6 is 0 Å². The Labute approximate surface area is 126 Å². The molecule has 1 saturated carbocycles. The fourth-order valence-electron chi connectivity index (χ4n) is 3.08. The lowest BCUT2D eigenvalue weighted by Gasteiger charge is -2.19. The second-order valence-electron chi connectivity index (χ2n) is 5.93. The molecule has 0 aliphatic heterocycles. The van der Waals surface area contributed by atoms with Crippen LogP contribution in [0.1, 0.15) is 30.4 Å². The van der Waals surface area contributed by atoms with Crippen molar-refractivity contribution in [3.05, 3.63) is 23.3 Å². The average Bonchev–Trinajstić information content (AvgIpc) is 2.88. The van der Waals surface area contributed by atoms with Crippen LogP contribution in [-0.4, -0.2) is 26.7 Å². The van der Waals surface area contributed by atoms with Crippen LogP contribution in [0.4, 0.5) is 5.69 Å². The summed E-state index contributed by atoms with van der Waals surface area (Å²) in [6, 6.07) is 3.59. The van der Waals surface area contributed by atoms with Crippen molar-refractivity contribution in [2.24, 2.45) is 11.8 Å². The number of anilines is 1. The third kappa shape index (κ3) is 3.39. The molecule has 0 heterocycles. The van der Waals surface area contributed by atoms with Gasteiger partial charge < -0.3 is 10.8 Å². The maximum absolute atomic E-state index is 12.5. The predicted molar refractivity (Wildman–Crippen MR) is 83.4 cm³/mol. The van der Waals surface area contributed by atoms with Gasteiger partial charge in [-0.1, -0.05) is 18.6 Å². The molecular weight excluding hydrogens is 288 g/mol. The second-order valence-corrected chi connectivity index (χ2v) is 7.63. The Morgan fingerprint density at radius 3 is 2.52 bits per heavy atom. The Morgan fingerprint density at radius 2 is 1.86 bits per heavy atom. The molecule has 1 aliphatic carbocycles. The van der Waals surface area contributed by atoms with Gasteiger partial charge in [0.05, 0.1) is 5.69 Å². The minimum atomic E-state index is -3.62. The molecule has 0 spiro atoms. The number of aryl methyl sites for hydroxylation is 2. The third-order valence-electron chi connectivity index (χ3n) is 4.47. The summed E-state index contributed by atoms with van der Waals surface area (Å²) in [6.07, 6.45) is 2.97. The first-order valence-corrected chi connectivity index (χ1v) is 8.81. The van der Waals surface area contributed by atoms with Gasteiger partial charge in [-0.05, 0) is 49.7 Å². The molecule has 2 atom stereocenters. The zero-order chi connectivity index (χ0) is 15.6. The minimum Gasteiger partial charge on any atom is -0.397 e. The van der Waals surface area contributed by atoms with E-state index >= 15 is 0 Å². The standard InChI is InChI=1S/C15H24N2O3S/c1-10-6-7-11(2)15(14(10)16)21(19,20)17-8-12-4-3-5-13(12)9-18/h6-7,12-13,17-18H,3-5,8-9,16H2,1-2H3. The van der Waals surface area contributed by atoms with E-state index in [1.54, 1.807) is 19.9 Å². The van der Waals surface area contributed by atoms with Gasteiger partial charge in [0.2, 0.25) is 10.0 Å². The van der Waals surface area contributed by atoms with Crippen LogP contribution in [0.3, 0.4) is 0 Å². The molecule has 5 nitrogen and oxygen atoms in total. The summed E-state index contributed by atoms with van der Waals surface area (Å²) in [5.41, 5.74) is 7.67. The molecule has 1 aromatic carbocycles. The van der Waals surface area contributed by atoms with E-state index < -0.39 is 10.0 Å². The molecule has 118 valence electrons.